The fourth-order valence-electron chi connectivity index (χ4n) is 1.34. The molecule has 0 aliphatic rings. The quantitative estimate of drug-likeness (QED) is 0.840. The number of hydrogen-bond donors (Lipinski definition) is 2. The molecule has 1 aromatic carbocycles. The van der Waals surface area contributed by atoms with E-state index in [0.29, 0.717) is 6.07 Å². The van der Waals surface area contributed by atoms with Crippen molar-refractivity contribution in [3.05, 3.63) is 29.3 Å². The smallest absolute Gasteiger partial charge is 0.417 e. The highest BCUT2D eigenvalue weighted by molar-refractivity contribution is 6.07. The molecule has 0 saturated carbocycles. The van der Waals surface area contributed by atoms with E-state index >= 15 is 0 Å². The van der Waals surface area contributed by atoms with Gasteiger partial charge in [0.05, 0.1) is 17.2 Å². The average molecular weight is 300 g/mol. The number of nitrogens with zero attached hydrogens (tertiary/aromatic N) is 1. The number of carboxylic acids is 1. The fourth-order valence-corrected chi connectivity index (χ4v) is 1.34. The highest BCUT2D eigenvalue weighted by Crippen LogP contribution is 2.33. The average Bonchev–Trinajstić information content (AvgIpc) is 2.37. The van der Waals surface area contributed by atoms with Gasteiger partial charge in [0.2, 0.25) is 5.91 Å². The lowest BCUT2D eigenvalue weighted by atomic mass is 9.92. The zero-order valence-electron chi connectivity index (χ0n) is 11.1. The molecule has 2 N–H and O–H groups in total. The number of carboxylic acid groups (broad SMARTS) is 1. The molecule has 112 valence electrons. The number of rotatable bonds is 3. The molecular formula is C13H11F3N2O3. The van der Waals surface area contributed by atoms with Crippen LogP contribution in [0.25, 0.3) is 0 Å². The molecule has 0 aliphatic carbocycles. The van der Waals surface area contributed by atoms with Gasteiger partial charge in [0, 0.05) is 5.69 Å². The normalized spacial score (nSPS) is 11.6. The van der Waals surface area contributed by atoms with Gasteiger partial charge in [-0.05, 0) is 32.0 Å². The third-order valence-electron chi connectivity index (χ3n) is 2.81. The Morgan fingerprint density at radius 3 is 2.29 bits per heavy atom. The van der Waals surface area contributed by atoms with Crippen LogP contribution in [0.3, 0.4) is 0 Å². The number of anilines is 1. The number of carbonyl (C=O) groups is 2. The first-order valence-corrected chi connectivity index (χ1v) is 5.66. The van der Waals surface area contributed by atoms with Crippen LogP contribution in [-0.2, 0) is 15.8 Å². The van der Waals surface area contributed by atoms with E-state index in [0.717, 1.165) is 26.0 Å². The molecule has 5 nitrogen and oxygen atoms in total. The van der Waals surface area contributed by atoms with Gasteiger partial charge < -0.3 is 10.4 Å². The van der Waals surface area contributed by atoms with E-state index in [2.05, 4.69) is 5.32 Å². The van der Waals surface area contributed by atoms with Crippen molar-refractivity contribution in [2.24, 2.45) is 5.41 Å². The van der Waals surface area contributed by atoms with Crippen molar-refractivity contribution >= 4 is 17.6 Å². The maximum atomic E-state index is 12.8. The second kappa shape index (κ2) is 5.44. The summed E-state index contributed by atoms with van der Waals surface area (Å²) in [7, 11) is 0. The molecule has 0 spiro atoms. The van der Waals surface area contributed by atoms with Gasteiger partial charge in [-0.1, -0.05) is 0 Å². The number of hydrogen-bond acceptors (Lipinski definition) is 3. The topological polar surface area (TPSA) is 90.2 Å². The van der Waals surface area contributed by atoms with Crippen LogP contribution in [0.2, 0.25) is 0 Å². The summed E-state index contributed by atoms with van der Waals surface area (Å²) in [5.41, 5.74) is -3.82. The number of nitriles is 1. The number of benzene rings is 1. The van der Waals surface area contributed by atoms with Gasteiger partial charge in [-0.2, -0.15) is 18.4 Å². The highest BCUT2D eigenvalue weighted by Gasteiger charge is 2.37. The van der Waals surface area contributed by atoms with Gasteiger partial charge in [0.25, 0.3) is 0 Å². The number of amides is 1. The standard InChI is InChI=1S/C13H11F3N2O3/c1-12(2,11(20)21)10(19)18-8-4-3-7(6-17)9(5-8)13(14,15)16/h3-5H,1-2H3,(H,18,19)(H,20,21). The van der Waals surface area contributed by atoms with Crippen LogP contribution >= 0.6 is 0 Å². The first-order chi connectivity index (χ1) is 9.50. The number of alkyl halides is 3. The molecule has 21 heavy (non-hydrogen) atoms. The predicted molar refractivity (Wildman–Crippen MR) is 66.2 cm³/mol. The van der Waals surface area contributed by atoms with Gasteiger partial charge in [-0.15, -0.1) is 0 Å². The highest BCUT2D eigenvalue weighted by atomic mass is 19.4. The monoisotopic (exact) mass is 300 g/mol. The molecule has 0 atom stereocenters. The Morgan fingerprint density at radius 1 is 1.29 bits per heavy atom. The number of halogens is 3. The van der Waals surface area contributed by atoms with E-state index in [9.17, 15) is 22.8 Å². The van der Waals surface area contributed by atoms with E-state index in [1.807, 2.05) is 0 Å². The minimum atomic E-state index is -4.76. The molecule has 1 amide bonds. The van der Waals surface area contributed by atoms with Crippen LogP contribution in [0.4, 0.5) is 18.9 Å². The molecule has 0 bridgehead atoms. The van der Waals surface area contributed by atoms with Gasteiger partial charge in [0.15, 0.2) is 0 Å². The minimum Gasteiger partial charge on any atom is -0.480 e. The minimum absolute atomic E-state index is 0.236. The van der Waals surface area contributed by atoms with Gasteiger partial charge in [-0.3, -0.25) is 9.59 Å². The van der Waals surface area contributed by atoms with Crippen molar-refractivity contribution in [3.63, 3.8) is 0 Å². The van der Waals surface area contributed by atoms with Crippen LogP contribution < -0.4 is 5.32 Å². The van der Waals surface area contributed by atoms with Crippen LogP contribution in [-0.4, -0.2) is 17.0 Å². The molecule has 0 radical (unpaired) electrons. The third-order valence-corrected chi connectivity index (χ3v) is 2.81. The van der Waals surface area contributed by atoms with Crippen molar-refractivity contribution in [2.75, 3.05) is 5.32 Å². The Morgan fingerprint density at radius 2 is 1.86 bits per heavy atom. The summed E-state index contributed by atoms with van der Waals surface area (Å²) in [6.45, 7) is 2.25. The fraction of sp³-hybridized carbons (Fsp3) is 0.308. The van der Waals surface area contributed by atoms with Crippen molar-refractivity contribution < 1.29 is 27.9 Å². The Kier molecular flexibility index (Phi) is 4.27. The van der Waals surface area contributed by atoms with Crippen molar-refractivity contribution in [1.29, 1.82) is 5.26 Å². The first-order valence-electron chi connectivity index (χ1n) is 5.66. The summed E-state index contributed by atoms with van der Waals surface area (Å²) in [6, 6.07) is 4.01. The maximum absolute atomic E-state index is 12.8. The van der Waals surface area contributed by atoms with E-state index in [4.69, 9.17) is 10.4 Å². The van der Waals surface area contributed by atoms with Crippen LogP contribution in [0.5, 0.6) is 0 Å². The molecule has 0 saturated heterocycles. The van der Waals surface area contributed by atoms with Crippen molar-refractivity contribution in [3.8, 4) is 6.07 Å². The second-order valence-electron chi connectivity index (χ2n) is 4.75. The zero-order valence-corrected chi connectivity index (χ0v) is 11.1. The lowest BCUT2D eigenvalue weighted by molar-refractivity contribution is -0.151. The molecule has 0 fully saturated rings. The van der Waals surface area contributed by atoms with Crippen LogP contribution in [0.1, 0.15) is 25.0 Å². The summed E-state index contributed by atoms with van der Waals surface area (Å²) < 4.78 is 38.3. The summed E-state index contributed by atoms with van der Waals surface area (Å²) in [4.78, 5) is 22.6. The number of aliphatic carboxylic acids is 1. The molecule has 8 heteroatoms. The lowest BCUT2D eigenvalue weighted by Gasteiger charge is -2.19. The van der Waals surface area contributed by atoms with Crippen molar-refractivity contribution in [1.82, 2.24) is 0 Å². The zero-order chi connectivity index (χ0) is 16.4. The molecule has 0 aliphatic heterocycles. The van der Waals surface area contributed by atoms with Crippen molar-refractivity contribution in [2.45, 2.75) is 20.0 Å². The van der Waals surface area contributed by atoms with Gasteiger partial charge >= 0.3 is 12.1 Å². The molecule has 0 unspecified atom stereocenters. The number of nitrogens with one attached hydrogen (secondary N) is 1. The largest absolute Gasteiger partial charge is 0.480 e. The Bertz CT molecular complexity index is 631. The molecule has 0 heterocycles. The molecule has 1 rings (SSSR count). The Labute approximate surface area is 118 Å². The molecule has 0 aromatic heterocycles. The summed E-state index contributed by atoms with van der Waals surface area (Å²) in [5, 5.41) is 19.6. The summed E-state index contributed by atoms with van der Waals surface area (Å²) in [5.74, 6) is -2.38. The third kappa shape index (κ3) is 3.51. The van der Waals surface area contributed by atoms with Crippen LogP contribution in [0, 0.1) is 16.7 Å². The lowest BCUT2D eigenvalue weighted by Crippen LogP contribution is -2.37. The predicted octanol–water partition coefficient (Wildman–Crippen LogP) is 2.63. The molecular weight excluding hydrogens is 289 g/mol. The summed E-state index contributed by atoms with van der Waals surface area (Å²) >= 11 is 0. The maximum Gasteiger partial charge on any atom is 0.417 e. The molecule has 1 aromatic rings. The Balaban J connectivity index is 3.16. The van der Waals surface area contributed by atoms with E-state index in [-0.39, 0.29) is 5.69 Å². The summed E-state index contributed by atoms with van der Waals surface area (Å²) in [6.07, 6.45) is -4.76. The Hall–Kier alpha value is -2.56. The van der Waals surface area contributed by atoms with Gasteiger partial charge in [-0.25, -0.2) is 0 Å². The first kappa shape index (κ1) is 16.5. The van der Waals surface area contributed by atoms with Crippen LogP contribution in [0.15, 0.2) is 18.2 Å². The van der Waals surface area contributed by atoms with E-state index in [1.165, 1.54) is 6.07 Å². The van der Waals surface area contributed by atoms with E-state index < -0.39 is 34.6 Å². The SMILES string of the molecule is CC(C)(C(=O)O)C(=O)Nc1ccc(C#N)c(C(F)(F)F)c1. The van der Waals surface area contributed by atoms with Gasteiger partial charge in [0.1, 0.15) is 5.41 Å². The van der Waals surface area contributed by atoms with E-state index in [1.54, 1.807) is 0 Å². The second-order valence-corrected chi connectivity index (χ2v) is 4.75. The number of carbonyl (C=O) groups excluding carboxylic acids is 1.